The molecule has 0 radical (unpaired) electrons. The molecular weight excluding hydrogens is 254 g/mol. The molecule has 0 saturated carbocycles. The van der Waals surface area contributed by atoms with E-state index in [2.05, 4.69) is 17.2 Å². The minimum atomic E-state index is 0.170. The van der Waals surface area contributed by atoms with Crippen LogP contribution in [0.5, 0.6) is 0 Å². The van der Waals surface area contributed by atoms with E-state index in [4.69, 9.17) is 0 Å². The largest absolute Gasteiger partial charge is 0.313 e. The average molecular weight is 269 g/mol. The minimum absolute atomic E-state index is 0.170. The molecule has 1 aliphatic heterocycles. The molecule has 102 valence electrons. The van der Waals surface area contributed by atoms with E-state index in [9.17, 15) is 9.59 Å². The highest BCUT2D eigenvalue weighted by atomic mass is 16.2. The van der Waals surface area contributed by atoms with E-state index in [0.717, 1.165) is 22.9 Å². The summed E-state index contributed by atoms with van der Waals surface area (Å²) in [6, 6.07) is 7.90. The molecule has 1 unspecified atom stereocenters. The highest BCUT2D eigenvalue weighted by molar-refractivity contribution is 5.98. The third-order valence-corrected chi connectivity index (χ3v) is 3.68. The maximum Gasteiger partial charge on any atom is 0.227 e. The van der Waals surface area contributed by atoms with Gasteiger partial charge in [-0.1, -0.05) is 6.07 Å². The summed E-state index contributed by atoms with van der Waals surface area (Å²) in [6.45, 7) is 2.06. The van der Waals surface area contributed by atoms with E-state index in [1.165, 1.54) is 0 Å². The van der Waals surface area contributed by atoms with Crippen LogP contribution in [0, 0.1) is 0 Å². The lowest BCUT2D eigenvalue weighted by molar-refractivity contribution is -0.117. The van der Waals surface area contributed by atoms with Crippen LogP contribution in [0.1, 0.15) is 19.8 Å². The number of nitrogens with zero attached hydrogens (tertiary/aromatic N) is 2. The Hall–Kier alpha value is -2.43. The Morgan fingerprint density at radius 3 is 2.90 bits per heavy atom. The zero-order chi connectivity index (χ0) is 14.1. The molecule has 1 N–H and O–H groups in total. The topological polar surface area (TPSA) is 62.3 Å². The number of carbonyl (C=O) groups is 2. The molecule has 2 amide bonds. The number of pyridine rings is 1. The van der Waals surface area contributed by atoms with Crippen molar-refractivity contribution in [1.29, 1.82) is 0 Å². The molecule has 0 spiro atoms. The van der Waals surface area contributed by atoms with Crippen molar-refractivity contribution in [3.8, 4) is 0 Å². The van der Waals surface area contributed by atoms with Crippen LogP contribution in [-0.4, -0.2) is 23.3 Å². The second kappa shape index (κ2) is 4.92. The van der Waals surface area contributed by atoms with Crippen LogP contribution in [0.25, 0.3) is 10.8 Å². The van der Waals surface area contributed by atoms with Crippen LogP contribution in [0.15, 0.2) is 30.5 Å². The summed E-state index contributed by atoms with van der Waals surface area (Å²) >= 11 is 0. The molecule has 5 nitrogen and oxygen atoms in total. The van der Waals surface area contributed by atoms with Gasteiger partial charge in [-0.2, -0.15) is 0 Å². The highest BCUT2D eigenvalue weighted by Gasteiger charge is 2.28. The van der Waals surface area contributed by atoms with Crippen molar-refractivity contribution in [1.82, 2.24) is 4.98 Å². The first-order valence-electron chi connectivity index (χ1n) is 6.61. The normalized spacial score (nSPS) is 18.6. The van der Waals surface area contributed by atoms with Gasteiger partial charge in [0.1, 0.15) is 5.82 Å². The first-order valence-corrected chi connectivity index (χ1v) is 6.61. The Morgan fingerprint density at radius 2 is 2.20 bits per heavy atom. The number of rotatable bonds is 3. The summed E-state index contributed by atoms with van der Waals surface area (Å²) in [7, 11) is 0. The maximum atomic E-state index is 11.9. The predicted octanol–water partition coefficient (Wildman–Crippen LogP) is 2.32. The van der Waals surface area contributed by atoms with Gasteiger partial charge in [0.15, 0.2) is 0 Å². The molecule has 3 rings (SSSR count). The fourth-order valence-corrected chi connectivity index (χ4v) is 2.64. The molecule has 1 aromatic carbocycles. The van der Waals surface area contributed by atoms with Crippen molar-refractivity contribution in [2.45, 2.75) is 25.8 Å². The van der Waals surface area contributed by atoms with Gasteiger partial charge in [-0.25, -0.2) is 4.98 Å². The fourth-order valence-electron chi connectivity index (χ4n) is 2.64. The molecule has 0 bridgehead atoms. The quantitative estimate of drug-likeness (QED) is 0.870. The Balaban J connectivity index is 2.00. The number of hydrogen-bond acceptors (Lipinski definition) is 3. The molecule has 20 heavy (non-hydrogen) atoms. The van der Waals surface area contributed by atoms with Gasteiger partial charge in [0, 0.05) is 29.7 Å². The van der Waals surface area contributed by atoms with Crippen molar-refractivity contribution in [3.05, 3.63) is 30.5 Å². The Kier molecular flexibility index (Phi) is 3.10. The van der Waals surface area contributed by atoms with Crippen molar-refractivity contribution in [2.24, 2.45) is 0 Å². The average Bonchev–Trinajstić information content (AvgIpc) is 2.78. The van der Waals surface area contributed by atoms with E-state index in [1.807, 2.05) is 29.2 Å². The number of fused-ring (bicyclic) bond motifs is 1. The zero-order valence-electron chi connectivity index (χ0n) is 11.2. The van der Waals surface area contributed by atoms with Crippen LogP contribution in [0.4, 0.5) is 11.5 Å². The summed E-state index contributed by atoms with van der Waals surface area (Å²) < 4.78 is 0. The summed E-state index contributed by atoms with van der Waals surface area (Å²) in [6.07, 6.45) is 3.82. The number of carbonyl (C=O) groups excluding carboxylic acids is 2. The van der Waals surface area contributed by atoms with Crippen LogP contribution < -0.4 is 10.2 Å². The Bertz CT molecular complexity index is 684. The summed E-state index contributed by atoms with van der Waals surface area (Å²) in [5.41, 5.74) is 0.908. The predicted molar refractivity (Wildman–Crippen MR) is 77.6 cm³/mol. The lowest BCUT2D eigenvalue weighted by Crippen LogP contribution is -2.30. The molecule has 1 aliphatic rings. The number of amides is 2. The molecule has 1 fully saturated rings. The van der Waals surface area contributed by atoms with Gasteiger partial charge in [-0.05, 0) is 36.9 Å². The van der Waals surface area contributed by atoms with Crippen molar-refractivity contribution < 1.29 is 9.59 Å². The number of aromatic nitrogens is 1. The molecule has 1 atom stereocenters. The first-order chi connectivity index (χ1) is 9.69. The van der Waals surface area contributed by atoms with Crippen LogP contribution >= 0.6 is 0 Å². The van der Waals surface area contributed by atoms with E-state index in [-0.39, 0.29) is 11.9 Å². The van der Waals surface area contributed by atoms with Crippen molar-refractivity contribution in [2.75, 3.05) is 10.2 Å². The molecule has 5 heteroatoms. The molecule has 2 aromatic rings. The minimum Gasteiger partial charge on any atom is -0.313 e. The Labute approximate surface area is 116 Å². The van der Waals surface area contributed by atoms with Gasteiger partial charge >= 0.3 is 0 Å². The third kappa shape index (κ3) is 2.11. The van der Waals surface area contributed by atoms with Crippen LogP contribution in [0.2, 0.25) is 0 Å². The van der Waals surface area contributed by atoms with Gasteiger partial charge in [-0.15, -0.1) is 0 Å². The van der Waals surface area contributed by atoms with Crippen molar-refractivity contribution in [3.63, 3.8) is 0 Å². The second-order valence-electron chi connectivity index (χ2n) is 5.01. The number of hydrogen-bond donors (Lipinski definition) is 1. The molecule has 1 saturated heterocycles. The monoisotopic (exact) mass is 269 g/mol. The van der Waals surface area contributed by atoms with E-state index < -0.39 is 0 Å². The SMILES string of the molecule is CC1CCC(=O)N1c1ccc2cc(NC=O)ncc2c1. The zero-order valence-corrected chi connectivity index (χ0v) is 11.2. The smallest absolute Gasteiger partial charge is 0.227 e. The van der Waals surface area contributed by atoms with E-state index in [1.54, 1.807) is 6.20 Å². The van der Waals surface area contributed by atoms with Crippen LogP contribution in [-0.2, 0) is 9.59 Å². The summed E-state index contributed by atoms with van der Waals surface area (Å²) in [5.74, 6) is 0.690. The van der Waals surface area contributed by atoms with Gasteiger partial charge in [-0.3, -0.25) is 9.59 Å². The molecular formula is C15H15N3O2. The first kappa shape index (κ1) is 12.6. The second-order valence-corrected chi connectivity index (χ2v) is 5.01. The standard InChI is InChI=1S/C15H15N3O2/c1-10-2-5-15(20)18(10)13-4-3-11-7-14(17-9-19)16-8-12(11)6-13/h3-4,6-10H,2,5H2,1H3,(H,16,17,19). The van der Waals surface area contributed by atoms with E-state index >= 15 is 0 Å². The molecule has 2 heterocycles. The lowest BCUT2D eigenvalue weighted by atomic mass is 10.1. The van der Waals surface area contributed by atoms with E-state index in [0.29, 0.717) is 18.6 Å². The lowest BCUT2D eigenvalue weighted by Gasteiger charge is -2.22. The van der Waals surface area contributed by atoms with Gasteiger partial charge in [0.25, 0.3) is 0 Å². The maximum absolute atomic E-state index is 11.9. The highest BCUT2D eigenvalue weighted by Crippen LogP contribution is 2.29. The molecule has 0 aliphatic carbocycles. The summed E-state index contributed by atoms with van der Waals surface area (Å²) in [5, 5.41) is 4.46. The number of benzene rings is 1. The molecule has 1 aromatic heterocycles. The van der Waals surface area contributed by atoms with Gasteiger partial charge in [0.05, 0.1) is 0 Å². The van der Waals surface area contributed by atoms with Gasteiger partial charge in [0.2, 0.25) is 12.3 Å². The van der Waals surface area contributed by atoms with Gasteiger partial charge < -0.3 is 10.2 Å². The van der Waals surface area contributed by atoms with Crippen LogP contribution in [0.3, 0.4) is 0 Å². The Morgan fingerprint density at radius 1 is 1.35 bits per heavy atom. The summed E-state index contributed by atoms with van der Waals surface area (Å²) in [4.78, 5) is 28.3. The number of anilines is 2. The fraction of sp³-hybridized carbons (Fsp3) is 0.267. The van der Waals surface area contributed by atoms with Crippen molar-refractivity contribution >= 4 is 34.6 Å². The number of nitrogens with one attached hydrogen (secondary N) is 1. The third-order valence-electron chi connectivity index (χ3n) is 3.68.